The van der Waals surface area contributed by atoms with Crippen LogP contribution in [0.2, 0.25) is 0 Å². The fourth-order valence-corrected chi connectivity index (χ4v) is 4.18. The summed E-state index contributed by atoms with van der Waals surface area (Å²) < 4.78 is 12.3. The summed E-state index contributed by atoms with van der Waals surface area (Å²) in [6.45, 7) is 4.07. The number of halogens is 1. The van der Waals surface area contributed by atoms with E-state index in [0.717, 1.165) is 15.8 Å². The number of fused-ring (bicyclic) bond motifs is 1. The predicted molar refractivity (Wildman–Crippen MR) is 104 cm³/mol. The summed E-state index contributed by atoms with van der Waals surface area (Å²) in [5.41, 5.74) is 3.62. The average molecular weight is 421 g/mol. The third-order valence-electron chi connectivity index (χ3n) is 3.76. The van der Waals surface area contributed by atoms with Gasteiger partial charge >= 0.3 is 0 Å². The molecule has 0 bridgehead atoms. The molecule has 0 atom stereocenters. The second-order valence-corrected chi connectivity index (χ2v) is 7.42. The van der Waals surface area contributed by atoms with Gasteiger partial charge in [-0.3, -0.25) is 10.1 Å². The fourth-order valence-electron chi connectivity index (χ4n) is 2.59. The van der Waals surface area contributed by atoms with Gasteiger partial charge in [-0.2, -0.15) is 0 Å². The number of ether oxygens (including phenoxy) is 2. The smallest absolute Gasteiger partial charge is 0.257 e. The lowest BCUT2D eigenvalue weighted by molar-refractivity contribution is 0.102. The Balaban J connectivity index is 1.93. The van der Waals surface area contributed by atoms with Crippen LogP contribution in [0.4, 0.5) is 5.13 Å². The lowest BCUT2D eigenvalue weighted by Crippen LogP contribution is -2.12. The molecule has 0 unspecified atom stereocenters. The second-order valence-electron chi connectivity index (χ2n) is 5.60. The number of carbonyl (C=O) groups is 1. The molecule has 0 saturated heterocycles. The van der Waals surface area contributed by atoms with Crippen molar-refractivity contribution in [2.24, 2.45) is 0 Å². The zero-order valence-electron chi connectivity index (χ0n) is 14.3. The van der Waals surface area contributed by atoms with E-state index in [2.05, 4.69) is 38.4 Å². The number of aryl methyl sites for hydroxylation is 2. The van der Waals surface area contributed by atoms with Crippen LogP contribution in [0.3, 0.4) is 0 Å². The van der Waals surface area contributed by atoms with Crippen molar-refractivity contribution < 1.29 is 14.3 Å². The van der Waals surface area contributed by atoms with E-state index in [9.17, 15) is 4.79 Å². The number of carbonyl (C=O) groups excluding carboxylic acids is 1. The number of aromatic nitrogens is 1. The molecule has 7 heteroatoms. The van der Waals surface area contributed by atoms with Crippen LogP contribution >= 0.6 is 27.3 Å². The summed E-state index contributed by atoms with van der Waals surface area (Å²) >= 11 is 4.85. The van der Waals surface area contributed by atoms with Crippen LogP contribution in [0, 0.1) is 13.8 Å². The molecule has 0 saturated carbocycles. The van der Waals surface area contributed by atoms with E-state index in [-0.39, 0.29) is 5.91 Å². The fraction of sp³-hybridized carbons (Fsp3) is 0.222. The Bertz CT molecular complexity index is 943. The maximum atomic E-state index is 12.6. The minimum Gasteiger partial charge on any atom is -0.495 e. The molecule has 130 valence electrons. The molecule has 0 radical (unpaired) electrons. The van der Waals surface area contributed by atoms with Crippen LogP contribution < -0.4 is 14.8 Å². The topological polar surface area (TPSA) is 60.5 Å². The van der Waals surface area contributed by atoms with Gasteiger partial charge in [-0.05, 0) is 59.1 Å². The number of anilines is 1. The minimum absolute atomic E-state index is 0.266. The molecule has 3 aromatic rings. The Morgan fingerprint density at radius 2 is 1.76 bits per heavy atom. The highest BCUT2D eigenvalue weighted by molar-refractivity contribution is 9.10. The largest absolute Gasteiger partial charge is 0.495 e. The number of hydrogen-bond acceptors (Lipinski definition) is 5. The van der Waals surface area contributed by atoms with Gasteiger partial charge in [0.05, 0.1) is 24.4 Å². The summed E-state index contributed by atoms with van der Waals surface area (Å²) in [7, 11) is 3.08. The van der Waals surface area contributed by atoms with Crippen LogP contribution in [0.25, 0.3) is 10.2 Å². The van der Waals surface area contributed by atoms with Gasteiger partial charge in [0.2, 0.25) is 0 Å². The number of nitrogens with zero attached hydrogens (tertiary/aromatic N) is 1. The maximum Gasteiger partial charge on any atom is 0.257 e. The first-order valence-corrected chi connectivity index (χ1v) is 9.14. The quantitative estimate of drug-likeness (QED) is 0.648. The Kier molecular flexibility index (Phi) is 4.96. The van der Waals surface area contributed by atoms with Crippen LogP contribution in [0.5, 0.6) is 11.5 Å². The zero-order chi connectivity index (χ0) is 18.1. The van der Waals surface area contributed by atoms with E-state index in [1.807, 2.05) is 13.8 Å². The van der Waals surface area contributed by atoms with Gasteiger partial charge in [-0.25, -0.2) is 4.98 Å². The van der Waals surface area contributed by atoms with Crippen molar-refractivity contribution in [3.05, 3.63) is 45.4 Å². The van der Waals surface area contributed by atoms with E-state index in [0.29, 0.717) is 26.7 Å². The molecule has 1 N–H and O–H groups in total. The van der Waals surface area contributed by atoms with E-state index < -0.39 is 0 Å². The number of methoxy groups -OCH3 is 2. The zero-order valence-corrected chi connectivity index (χ0v) is 16.7. The third-order valence-corrected chi connectivity index (χ3v) is 5.46. The Morgan fingerprint density at radius 3 is 2.36 bits per heavy atom. The van der Waals surface area contributed by atoms with Gasteiger partial charge in [-0.1, -0.05) is 17.4 Å². The molecule has 0 aliphatic carbocycles. The van der Waals surface area contributed by atoms with Gasteiger partial charge in [0.15, 0.2) is 5.13 Å². The van der Waals surface area contributed by atoms with E-state index >= 15 is 0 Å². The van der Waals surface area contributed by atoms with Crippen molar-refractivity contribution in [3.8, 4) is 11.5 Å². The normalized spacial score (nSPS) is 10.8. The van der Waals surface area contributed by atoms with E-state index in [4.69, 9.17) is 9.47 Å². The molecular weight excluding hydrogens is 404 g/mol. The third kappa shape index (κ3) is 3.48. The summed E-state index contributed by atoms with van der Waals surface area (Å²) in [5.74, 6) is 0.790. The van der Waals surface area contributed by atoms with Crippen LogP contribution in [0.15, 0.2) is 28.7 Å². The SMILES string of the molecule is COc1cc(C(=O)Nc2nc3c(C)cc(C)cc3s2)cc(OC)c1Br. The van der Waals surface area contributed by atoms with Crippen molar-refractivity contribution in [1.82, 2.24) is 4.98 Å². The molecule has 5 nitrogen and oxygen atoms in total. The lowest BCUT2D eigenvalue weighted by Gasteiger charge is -2.11. The molecule has 1 amide bonds. The second kappa shape index (κ2) is 7.01. The summed E-state index contributed by atoms with van der Waals surface area (Å²) in [6.07, 6.45) is 0. The lowest BCUT2D eigenvalue weighted by atomic mass is 10.1. The Morgan fingerprint density at radius 1 is 1.12 bits per heavy atom. The molecule has 0 aliphatic rings. The van der Waals surface area contributed by atoms with Crippen LogP contribution in [0.1, 0.15) is 21.5 Å². The van der Waals surface area contributed by atoms with Gasteiger partial charge in [0.25, 0.3) is 5.91 Å². The number of nitrogens with one attached hydrogen (secondary N) is 1. The first-order chi connectivity index (χ1) is 11.9. The van der Waals surface area contributed by atoms with Crippen molar-refractivity contribution in [2.75, 3.05) is 19.5 Å². The van der Waals surface area contributed by atoms with Crippen LogP contribution in [-0.4, -0.2) is 25.1 Å². The Labute approximate surface area is 158 Å². The molecule has 1 heterocycles. The van der Waals surface area contributed by atoms with Crippen molar-refractivity contribution in [2.45, 2.75) is 13.8 Å². The number of amides is 1. The van der Waals surface area contributed by atoms with Crippen molar-refractivity contribution >= 4 is 48.5 Å². The molecule has 0 spiro atoms. The summed E-state index contributed by atoms with van der Waals surface area (Å²) in [6, 6.07) is 7.47. The maximum absolute atomic E-state index is 12.6. The van der Waals surface area contributed by atoms with Crippen molar-refractivity contribution in [3.63, 3.8) is 0 Å². The number of benzene rings is 2. The molecule has 3 rings (SSSR count). The molecule has 2 aromatic carbocycles. The standard InChI is InChI=1S/C18H17BrN2O3S/c1-9-5-10(2)16-14(6-9)25-18(20-16)21-17(22)11-7-12(23-3)15(19)13(8-11)24-4/h5-8H,1-4H3,(H,20,21,22). The van der Waals surface area contributed by atoms with E-state index in [1.54, 1.807) is 26.4 Å². The van der Waals surface area contributed by atoms with E-state index in [1.165, 1.54) is 16.9 Å². The number of rotatable bonds is 4. The predicted octanol–water partition coefficient (Wildman–Crippen LogP) is 4.95. The Hall–Kier alpha value is -2.12. The average Bonchev–Trinajstić information content (AvgIpc) is 2.97. The molecule has 0 aliphatic heterocycles. The number of hydrogen-bond donors (Lipinski definition) is 1. The van der Waals surface area contributed by atoms with Crippen molar-refractivity contribution in [1.29, 1.82) is 0 Å². The summed E-state index contributed by atoms with van der Waals surface area (Å²) in [5, 5.41) is 3.42. The highest BCUT2D eigenvalue weighted by Gasteiger charge is 2.16. The van der Waals surface area contributed by atoms with Gasteiger partial charge in [0.1, 0.15) is 16.0 Å². The number of thiazole rings is 1. The van der Waals surface area contributed by atoms with Gasteiger partial charge < -0.3 is 9.47 Å². The van der Waals surface area contributed by atoms with Crippen LogP contribution in [-0.2, 0) is 0 Å². The molecule has 1 aromatic heterocycles. The van der Waals surface area contributed by atoms with Gasteiger partial charge in [0, 0.05) is 5.56 Å². The monoisotopic (exact) mass is 420 g/mol. The molecular formula is C18H17BrN2O3S. The first kappa shape index (κ1) is 17.7. The molecule has 0 fully saturated rings. The summed E-state index contributed by atoms with van der Waals surface area (Å²) in [4.78, 5) is 17.2. The molecule has 25 heavy (non-hydrogen) atoms. The van der Waals surface area contributed by atoms with Gasteiger partial charge in [-0.15, -0.1) is 0 Å². The minimum atomic E-state index is -0.266. The first-order valence-electron chi connectivity index (χ1n) is 7.53. The highest BCUT2D eigenvalue weighted by atomic mass is 79.9. The highest BCUT2D eigenvalue weighted by Crippen LogP contribution is 2.36.